The van der Waals surface area contributed by atoms with Crippen molar-refractivity contribution in [3.63, 3.8) is 0 Å². The molecule has 0 aliphatic carbocycles. The number of carbonyl (C=O) groups excluding carboxylic acids is 3. The summed E-state index contributed by atoms with van der Waals surface area (Å²) in [6.07, 6.45) is 0. The molecule has 0 saturated carbocycles. The standard InChI is InChI=1S/C32H29N7O13S2/c1-13-22(25(44)17-8-18(40)19(41)9-20(17)52-13)26(45)33-23(14-4-6-16(7-5-14)51-10-21(42)43)27(46)34-32(50-3)29(49)39-24(28(47)48)15(11-53-30(32)39)12-54-31-35-36-37-38(31)2/h4-9,23,30,40-41H,10-12H2,1-3H3,(H,33,45)(H,34,46)(H,42,43)(H,47,48)/t23?,30-,32-/m0/s1. The minimum atomic E-state index is -2.10. The second-order valence-electron chi connectivity index (χ2n) is 11.8. The monoisotopic (exact) mass is 783 g/mol. The van der Waals surface area contributed by atoms with Gasteiger partial charge in [-0.1, -0.05) is 23.9 Å². The Bertz CT molecular complexity index is 2310. The van der Waals surface area contributed by atoms with Crippen LogP contribution < -0.4 is 20.8 Å². The molecule has 0 spiro atoms. The maximum absolute atomic E-state index is 14.2. The Morgan fingerprint density at radius 1 is 1.13 bits per heavy atom. The fraction of sp³-hybridized carbons (Fsp3) is 0.281. The second-order valence-corrected chi connectivity index (χ2v) is 13.8. The number of aliphatic carboxylic acids is 2. The molecule has 282 valence electrons. The summed E-state index contributed by atoms with van der Waals surface area (Å²) in [4.78, 5) is 79.8. The molecule has 4 aromatic rings. The van der Waals surface area contributed by atoms with Gasteiger partial charge in [0.05, 0.1) is 5.39 Å². The van der Waals surface area contributed by atoms with Crippen LogP contribution in [0.4, 0.5) is 0 Å². The van der Waals surface area contributed by atoms with Crippen LogP contribution in [0.15, 0.2) is 62.0 Å². The van der Waals surface area contributed by atoms with Gasteiger partial charge in [-0.3, -0.25) is 24.1 Å². The van der Waals surface area contributed by atoms with E-state index in [2.05, 4.69) is 26.2 Å². The first kappa shape index (κ1) is 37.6. The number of tetrazole rings is 1. The van der Waals surface area contributed by atoms with Gasteiger partial charge in [0.15, 0.2) is 18.1 Å². The van der Waals surface area contributed by atoms with Crippen LogP contribution in [0, 0.1) is 6.92 Å². The number of methoxy groups -OCH3 is 1. The van der Waals surface area contributed by atoms with Gasteiger partial charge >= 0.3 is 11.9 Å². The molecular weight excluding hydrogens is 755 g/mol. The lowest BCUT2D eigenvalue weighted by molar-refractivity contribution is -0.192. The molecular formula is C32H29N7O13S2. The summed E-state index contributed by atoms with van der Waals surface area (Å²) < 4.78 is 17.7. The molecule has 2 aromatic heterocycles. The molecule has 54 heavy (non-hydrogen) atoms. The third kappa shape index (κ3) is 6.76. The molecule has 0 bridgehead atoms. The van der Waals surface area contributed by atoms with Crippen LogP contribution in [0.1, 0.15) is 27.7 Å². The molecule has 0 radical (unpaired) electrons. The Morgan fingerprint density at radius 2 is 1.83 bits per heavy atom. The van der Waals surface area contributed by atoms with Gasteiger partial charge in [-0.05, 0) is 46.7 Å². The third-order valence-electron chi connectivity index (χ3n) is 8.40. The summed E-state index contributed by atoms with van der Waals surface area (Å²) in [6, 6.07) is 5.60. The lowest BCUT2D eigenvalue weighted by atomic mass is 9.96. The van der Waals surface area contributed by atoms with Crippen molar-refractivity contribution in [3.05, 3.63) is 74.8 Å². The van der Waals surface area contributed by atoms with Gasteiger partial charge in [0.2, 0.25) is 16.5 Å². The van der Waals surface area contributed by atoms with Crippen LogP contribution in [0.2, 0.25) is 0 Å². The quantitative estimate of drug-likeness (QED) is 0.0465. The summed E-state index contributed by atoms with van der Waals surface area (Å²) in [6.45, 7) is 0.637. The number of aromatic nitrogens is 4. The van der Waals surface area contributed by atoms with E-state index < -0.39 is 75.9 Å². The number of ether oxygens (including phenoxy) is 2. The van der Waals surface area contributed by atoms with E-state index in [1.54, 1.807) is 7.05 Å². The molecule has 2 aliphatic heterocycles. The van der Waals surface area contributed by atoms with E-state index in [0.717, 1.165) is 47.7 Å². The number of hydrogen-bond donors (Lipinski definition) is 6. The highest BCUT2D eigenvalue weighted by molar-refractivity contribution is 8.01. The zero-order valence-corrected chi connectivity index (χ0v) is 29.9. The molecule has 4 heterocycles. The van der Waals surface area contributed by atoms with Crippen molar-refractivity contribution in [2.75, 3.05) is 25.2 Å². The Morgan fingerprint density at radius 3 is 2.46 bits per heavy atom. The molecule has 6 rings (SSSR count). The number of rotatable bonds is 13. The predicted molar refractivity (Wildman–Crippen MR) is 185 cm³/mol. The Balaban J connectivity index is 1.31. The molecule has 1 unspecified atom stereocenters. The van der Waals surface area contributed by atoms with Crippen molar-refractivity contribution in [1.82, 2.24) is 35.7 Å². The van der Waals surface area contributed by atoms with Crippen LogP contribution in [-0.4, -0.2) is 112 Å². The molecule has 20 nitrogen and oxygen atoms in total. The molecule has 1 fully saturated rings. The van der Waals surface area contributed by atoms with Crippen molar-refractivity contribution in [1.29, 1.82) is 0 Å². The molecule has 6 N–H and O–H groups in total. The number of carbonyl (C=O) groups is 5. The number of benzene rings is 2. The van der Waals surface area contributed by atoms with Crippen molar-refractivity contribution in [3.8, 4) is 17.2 Å². The smallest absolute Gasteiger partial charge is 0.352 e. The Hall–Kier alpha value is -6.13. The largest absolute Gasteiger partial charge is 0.504 e. The molecule has 3 atom stereocenters. The average molecular weight is 784 g/mol. The van der Waals surface area contributed by atoms with Gasteiger partial charge in [-0.25, -0.2) is 14.3 Å². The Kier molecular flexibility index (Phi) is 10.3. The van der Waals surface area contributed by atoms with Crippen LogP contribution in [0.3, 0.4) is 0 Å². The van der Waals surface area contributed by atoms with E-state index in [1.807, 2.05) is 0 Å². The van der Waals surface area contributed by atoms with Crippen LogP contribution >= 0.6 is 23.5 Å². The van der Waals surface area contributed by atoms with E-state index in [4.69, 9.17) is 19.0 Å². The molecule has 1 saturated heterocycles. The van der Waals surface area contributed by atoms with Gasteiger partial charge in [-0.2, -0.15) is 0 Å². The number of thioether (sulfide) groups is 2. The van der Waals surface area contributed by atoms with Gasteiger partial charge in [-0.15, -0.1) is 16.9 Å². The minimum Gasteiger partial charge on any atom is -0.504 e. The number of carboxylic acid groups (broad SMARTS) is 2. The molecule has 22 heteroatoms. The lowest BCUT2D eigenvalue weighted by Crippen LogP contribution is -2.81. The van der Waals surface area contributed by atoms with Crippen molar-refractivity contribution >= 4 is 64.2 Å². The maximum atomic E-state index is 14.2. The number of hydrogen-bond acceptors (Lipinski definition) is 16. The van der Waals surface area contributed by atoms with E-state index >= 15 is 0 Å². The first-order chi connectivity index (χ1) is 25.7. The van der Waals surface area contributed by atoms with E-state index in [-0.39, 0.29) is 45.2 Å². The summed E-state index contributed by atoms with van der Waals surface area (Å²) >= 11 is 2.29. The maximum Gasteiger partial charge on any atom is 0.352 e. The summed E-state index contributed by atoms with van der Waals surface area (Å²) in [7, 11) is 2.76. The average Bonchev–Trinajstić information content (AvgIpc) is 3.55. The normalized spacial score (nSPS) is 18.5. The fourth-order valence-corrected chi connectivity index (χ4v) is 8.23. The number of nitrogens with one attached hydrogen (secondary N) is 2. The van der Waals surface area contributed by atoms with Crippen LogP contribution in [0.25, 0.3) is 11.0 Å². The molecule has 2 aliphatic rings. The first-order valence-corrected chi connectivity index (χ1v) is 17.6. The second kappa shape index (κ2) is 14.7. The summed E-state index contributed by atoms with van der Waals surface area (Å²) in [5.41, 5.74) is -3.48. The third-order valence-corrected chi connectivity index (χ3v) is 10.9. The number of fused-ring (bicyclic) bond motifs is 2. The summed E-state index contributed by atoms with van der Waals surface area (Å²) in [5.74, 6) is -6.70. The number of aromatic hydroxyl groups is 2. The van der Waals surface area contributed by atoms with E-state index in [9.17, 15) is 44.1 Å². The van der Waals surface area contributed by atoms with Gasteiger partial charge < -0.3 is 45.0 Å². The van der Waals surface area contributed by atoms with Gasteiger partial charge in [0.25, 0.3) is 17.5 Å². The number of phenols is 2. The zero-order chi connectivity index (χ0) is 39.1. The number of amides is 3. The topological polar surface area (TPSA) is 286 Å². The van der Waals surface area contributed by atoms with Crippen molar-refractivity contribution in [2.24, 2.45) is 7.05 Å². The number of β-lactam (4-membered cyclic amide) rings is 1. The van der Waals surface area contributed by atoms with E-state index in [0.29, 0.717) is 10.7 Å². The lowest BCUT2D eigenvalue weighted by Gasteiger charge is -2.56. The molecule has 3 amide bonds. The highest BCUT2D eigenvalue weighted by atomic mass is 32.2. The van der Waals surface area contributed by atoms with Crippen LogP contribution in [0.5, 0.6) is 17.2 Å². The predicted octanol–water partition coefficient (Wildman–Crippen LogP) is 0.476. The van der Waals surface area contributed by atoms with Gasteiger partial charge in [0.1, 0.15) is 39.8 Å². The fourth-order valence-electron chi connectivity index (χ4n) is 5.80. The summed E-state index contributed by atoms with van der Waals surface area (Å²) in [5, 5.41) is 54.3. The number of aryl methyl sites for hydroxylation is 2. The Labute approximate surface area is 311 Å². The first-order valence-electron chi connectivity index (χ1n) is 15.5. The number of nitrogens with zero attached hydrogens (tertiary/aromatic N) is 5. The SMILES string of the molecule is CO[C@@]1(NC(=O)C(NC(=O)c2c(C)oc3cc(O)c(O)cc3c2=O)c2ccc(OCC(=O)O)cc2)C(=O)N2C(C(=O)O)=C(CSc3nnnn3C)CS[C@H]21. The highest BCUT2D eigenvalue weighted by Crippen LogP contribution is 2.47. The van der Waals surface area contributed by atoms with E-state index in [1.165, 1.54) is 35.9 Å². The number of carboxylic acids is 2. The minimum absolute atomic E-state index is 0.0868. The van der Waals surface area contributed by atoms with Gasteiger partial charge in [0, 0.05) is 31.7 Å². The molecule has 2 aromatic carbocycles. The number of phenolic OH excluding ortho intramolecular Hbond substituents is 2. The zero-order valence-electron chi connectivity index (χ0n) is 28.3. The highest BCUT2D eigenvalue weighted by Gasteiger charge is 2.67. The van der Waals surface area contributed by atoms with Crippen LogP contribution in [-0.2, 0) is 31.0 Å². The van der Waals surface area contributed by atoms with Crippen molar-refractivity contribution in [2.45, 2.75) is 29.2 Å². The van der Waals surface area contributed by atoms with Crippen molar-refractivity contribution < 1.29 is 58.3 Å².